The minimum atomic E-state index is -1.44. The van der Waals surface area contributed by atoms with E-state index in [4.69, 9.17) is 16.3 Å². The molecule has 3 saturated heterocycles. The van der Waals surface area contributed by atoms with Crippen LogP contribution in [0.2, 0.25) is 5.02 Å². The Hall–Kier alpha value is -3.27. The van der Waals surface area contributed by atoms with Crippen LogP contribution in [-0.4, -0.2) is 67.4 Å². The van der Waals surface area contributed by atoms with Gasteiger partial charge < -0.3 is 14.5 Å². The number of carbonyl (C=O) groups excluding carboxylic acids is 4. The first kappa shape index (κ1) is 23.1. The number of benzene rings is 2. The summed E-state index contributed by atoms with van der Waals surface area (Å²) in [6, 6.07) is 13.3. The molecule has 2 aromatic rings. The summed E-state index contributed by atoms with van der Waals surface area (Å²) in [5, 5.41) is 3.74. The van der Waals surface area contributed by atoms with Crippen molar-refractivity contribution in [2.45, 2.75) is 18.5 Å². The van der Waals surface area contributed by atoms with Crippen LogP contribution < -0.4 is 15.1 Å². The van der Waals surface area contributed by atoms with Gasteiger partial charge in [-0.25, -0.2) is 4.90 Å². The average molecular weight is 509 g/mol. The number of imide groups is 1. The molecule has 0 aliphatic carbocycles. The Morgan fingerprint density at radius 2 is 1.83 bits per heavy atom. The van der Waals surface area contributed by atoms with Crippen molar-refractivity contribution in [2.75, 3.05) is 42.6 Å². The van der Waals surface area contributed by atoms with Crippen LogP contribution in [0, 0.1) is 11.8 Å². The van der Waals surface area contributed by atoms with Crippen LogP contribution in [0.25, 0.3) is 0 Å². The van der Waals surface area contributed by atoms with E-state index in [1.165, 1.54) is 4.90 Å². The third-order valence-electron chi connectivity index (χ3n) is 7.74. The number of para-hydroxylation sites is 1. The van der Waals surface area contributed by atoms with Gasteiger partial charge in [-0.1, -0.05) is 35.9 Å². The molecule has 4 amide bonds. The Morgan fingerprint density at radius 1 is 1.08 bits per heavy atom. The summed E-state index contributed by atoms with van der Waals surface area (Å²) in [6.07, 6.45) is 0. The van der Waals surface area contributed by atoms with Gasteiger partial charge in [0.2, 0.25) is 17.7 Å². The number of hydrogen-bond donors (Lipinski definition) is 1. The minimum absolute atomic E-state index is 0.148. The summed E-state index contributed by atoms with van der Waals surface area (Å²) in [5.41, 5.74) is 0.128. The summed E-state index contributed by atoms with van der Waals surface area (Å²) < 4.78 is 5.34. The lowest BCUT2D eigenvalue weighted by Crippen LogP contribution is -2.56. The van der Waals surface area contributed by atoms with E-state index in [9.17, 15) is 19.2 Å². The van der Waals surface area contributed by atoms with Crippen LogP contribution in [0.4, 0.5) is 11.4 Å². The van der Waals surface area contributed by atoms with Crippen LogP contribution >= 0.6 is 11.6 Å². The van der Waals surface area contributed by atoms with E-state index in [1.807, 2.05) is 6.92 Å². The number of hydrogen-bond acceptors (Lipinski definition) is 6. The van der Waals surface area contributed by atoms with Gasteiger partial charge in [-0.05, 0) is 31.2 Å². The summed E-state index contributed by atoms with van der Waals surface area (Å²) in [5.74, 6) is -3.07. The van der Waals surface area contributed by atoms with Crippen molar-refractivity contribution in [1.29, 1.82) is 0 Å². The molecule has 0 radical (unpaired) electrons. The third kappa shape index (κ3) is 3.16. The van der Waals surface area contributed by atoms with Gasteiger partial charge in [-0.3, -0.25) is 24.5 Å². The van der Waals surface area contributed by atoms with Crippen molar-refractivity contribution in [2.24, 2.45) is 11.8 Å². The lowest BCUT2D eigenvalue weighted by Gasteiger charge is -2.31. The molecule has 186 valence electrons. The fraction of sp³-hybridized carbons (Fsp3) is 0.385. The van der Waals surface area contributed by atoms with E-state index in [2.05, 4.69) is 5.32 Å². The highest BCUT2D eigenvalue weighted by atomic mass is 35.5. The second kappa shape index (κ2) is 8.40. The molecular weight excluding hydrogens is 484 g/mol. The van der Waals surface area contributed by atoms with Crippen molar-refractivity contribution in [3.05, 3.63) is 59.1 Å². The van der Waals surface area contributed by atoms with Gasteiger partial charge in [0.05, 0.1) is 30.7 Å². The van der Waals surface area contributed by atoms with Crippen LogP contribution in [0.15, 0.2) is 48.5 Å². The Bertz CT molecular complexity index is 1290. The lowest BCUT2D eigenvalue weighted by molar-refractivity contribution is -0.136. The van der Waals surface area contributed by atoms with Gasteiger partial charge in [0.25, 0.3) is 5.91 Å². The van der Waals surface area contributed by atoms with E-state index in [0.717, 1.165) is 4.90 Å². The van der Waals surface area contributed by atoms with Crippen molar-refractivity contribution in [3.63, 3.8) is 0 Å². The zero-order chi connectivity index (χ0) is 25.2. The van der Waals surface area contributed by atoms with E-state index < -0.39 is 35.2 Å². The summed E-state index contributed by atoms with van der Waals surface area (Å²) >= 11 is 6.14. The van der Waals surface area contributed by atoms with Gasteiger partial charge in [-0.2, -0.15) is 0 Å². The van der Waals surface area contributed by atoms with Crippen LogP contribution in [0.1, 0.15) is 12.5 Å². The van der Waals surface area contributed by atoms with E-state index in [0.29, 0.717) is 48.3 Å². The van der Waals surface area contributed by atoms with Gasteiger partial charge in [0.1, 0.15) is 12.1 Å². The van der Waals surface area contributed by atoms with Gasteiger partial charge in [-0.15, -0.1) is 0 Å². The maximum Gasteiger partial charge on any atom is 0.253 e. The Kier molecular flexibility index (Phi) is 5.40. The van der Waals surface area contributed by atoms with Crippen molar-refractivity contribution >= 4 is 46.6 Å². The molecule has 1 N–H and O–H groups in total. The number of rotatable bonds is 3. The molecule has 4 atom stereocenters. The normalized spacial score (nSPS) is 29.3. The number of nitrogens with one attached hydrogen (secondary N) is 1. The van der Waals surface area contributed by atoms with Crippen LogP contribution in [0.5, 0.6) is 0 Å². The molecule has 1 spiro atoms. The highest BCUT2D eigenvalue weighted by Crippen LogP contribution is 2.55. The molecule has 0 bridgehead atoms. The molecule has 4 aliphatic heterocycles. The van der Waals surface area contributed by atoms with Crippen molar-refractivity contribution in [3.8, 4) is 0 Å². The number of morpholine rings is 1. The number of fused-ring (bicyclic) bond motifs is 4. The summed E-state index contributed by atoms with van der Waals surface area (Å²) in [6.45, 7) is 3.52. The quantitative estimate of drug-likeness (QED) is 0.631. The first-order chi connectivity index (χ1) is 17.3. The molecule has 4 aliphatic rings. The number of amides is 4. The van der Waals surface area contributed by atoms with Crippen LogP contribution in [0.3, 0.4) is 0 Å². The third-order valence-corrected chi connectivity index (χ3v) is 7.97. The topological polar surface area (TPSA) is 99.3 Å². The Morgan fingerprint density at radius 3 is 2.58 bits per heavy atom. The molecule has 0 saturated carbocycles. The monoisotopic (exact) mass is 508 g/mol. The largest absolute Gasteiger partial charge is 0.378 e. The molecule has 2 aromatic carbocycles. The number of halogens is 1. The smallest absolute Gasteiger partial charge is 0.253 e. The SMILES string of the molecule is CC1NC2(C(=O)N(CC(=O)N3CCOCC3)c3ccccc32)C2C(=O)N(c3cccc(Cl)c3)C(=O)C12. The van der Waals surface area contributed by atoms with Crippen molar-refractivity contribution < 1.29 is 23.9 Å². The second-order valence-electron chi connectivity index (χ2n) is 9.64. The van der Waals surface area contributed by atoms with E-state index >= 15 is 0 Å². The number of anilines is 2. The molecular formula is C26H25ClN4O5. The molecule has 0 aromatic heterocycles. The molecule has 3 fully saturated rings. The highest BCUT2D eigenvalue weighted by Gasteiger charge is 2.71. The predicted molar refractivity (Wildman–Crippen MR) is 131 cm³/mol. The maximum absolute atomic E-state index is 14.2. The minimum Gasteiger partial charge on any atom is -0.378 e. The number of carbonyl (C=O) groups is 4. The fourth-order valence-electron chi connectivity index (χ4n) is 6.18. The number of nitrogens with zero attached hydrogens (tertiary/aromatic N) is 3. The zero-order valence-electron chi connectivity index (χ0n) is 19.6. The summed E-state index contributed by atoms with van der Waals surface area (Å²) in [4.78, 5) is 59.1. The summed E-state index contributed by atoms with van der Waals surface area (Å²) in [7, 11) is 0. The number of ether oxygens (including phenoxy) is 1. The van der Waals surface area contributed by atoms with Crippen molar-refractivity contribution in [1.82, 2.24) is 10.2 Å². The first-order valence-electron chi connectivity index (χ1n) is 12.0. The zero-order valence-corrected chi connectivity index (χ0v) is 20.4. The molecule has 4 unspecified atom stereocenters. The Labute approximate surface area is 212 Å². The maximum atomic E-state index is 14.2. The second-order valence-corrected chi connectivity index (χ2v) is 10.1. The fourth-order valence-corrected chi connectivity index (χ4v) is 6.37. The first-order valence-corrected chi connectivity index (χ1v) is 12.4. The molecule has 9 nitrogen and oxygen atoms in total. The van der Waals surface area contributed by atoms with Crippen LogP contribution in [-0.2, 0) is 29.5 Å². The average Bonchev–Trinajstić information content (AvgIpc) is 3.43. The van der Waals surface area contributed by atoms with Gasteiger partial charge >= 0.3 is 0 Å². The Balaban J connectivity index is 1.40. The molecule has 10 heteroatoms. The van der Waals surface area contributed by atoms with Gasteiger partial charge in [0.15, 0.2) is 0 Å². The molecule has 36 heavy (non-hydrogen) atoms. The predicted octanol–water partition coefficient (Wildman–Crippen LogP) is 1.54. The highest BCUT2D eigenvalue weighted by molar-refractivity contribution is 6.31. The standard InChI is InChI=1S/C26H25ClN4O5/c1-15-21-22(24(34)31(23(21)33)17-6-4-5-16(27)13-17)26(28-15)18-7-2-3-8-19(18)30(25(26)35)14-20(32)29-9-11-36-12-10-29/h2-8,13,15,21-22,28H,9-12,14H2,1H3. The van der Waals surface area contributed by atoms with E-state index in [1.54, 1.807) is 53.4 Å². The lowest BCUT2D eigenvalue weighted by atomic mass is 9.76. The van der Waals surface area contributed by atoms with Gasteiger partial charge in [0, 0.05) is 35.4 Å². The molecule has 6 rings (SSSR count). The molecule has 4 heterocycles. The van der Waals surface area contributed by atoms with E-state index in [-0.39, 0.29) is 18.4 Å².